The summed E-state index contributed by atoms with van der Waals surface area (Å²) in [6.45, 7) is 6.60. The van der Waals surface area contributed by atoms with Crippen molar-refractivity contribution in [2.75, 3.05) is 0 Å². The Morgan fingerprint density at radius 1 is 0.577 bits per heavy atom. The van der Waals surface area contributed by atoms with E-state index in [0.717, 1.165) is 4.47 Å². The van der Waals surface area contributed by atoms with Gasteiger partial charge in [-0.05, 0) is 44.0 Å². The summed E-state index contributed by atoms with van der Waals surface area (Å²) in [5.41, 5.74) is 3.93. The van der Waals surface area contributed by atoms with Gasteiger partial charge in [0.25, 0.3) is 0 Å². The summed E-state index contributed by atoms with van der Waals surface area (Å²) in [5, 5.41) is 0. The molecule has 26 heavy (non-hydrogen) atoms. The second kappa shape index (κ2) is 7.88. The number of aryl methyl sites for hydroxylation is 1. The van der Waals surface area contributed by atoms with E-state index in [1.807, 2.05) is 47.0 Å². The van der Waals surface area contributed by atoms with Crippen molar-refractivity contribution in [1.29, 1.82) is 0 Å². The largest absolute Gasteiger partial charge is 0.0845 e. The Balaban J connectivity index is 1.57. The third-order valence-corrected chi connectivity index (χ3v) is 10.5. The number of thioether (sulfide) groups is 4. The molecule has 0 fully saturated rings. The summed E-state index contributed by atoms with van der Waals surface area (Å²) in [6.07, 6.45) is 0. The monoisotopic (exact) mass is 476 g/mol. The Morgan fingerprint density at radius 2 is 1.00 bits per heavy atom. The van der Waals surface area contributed by atoms with E-state index in [0.29, 0.717) is 0 Å². The van der Waals surface area contributed by atoms with Crippen molar-refractivity contribution >= 4 is 72.8 Å². The summed E-state index contributed by atoms with van der Waals surface area (Å²) < 4.78 is 3.95. The first kappa shape index (κ1) is 18.9. The molecule has 132 valence electrons. The molecule has 0 bridgehead atoms. The molecule has 0 nitrogen and oxygen atoms in total. The van der Waals surface area contributed by atoms with Gasteiger partial charge in [-0.15, -0.1) is 0 Å². The van der Waals surface area contributed by atoms with E-state index in [1.165, 1.54) is 44.8 Å². The smallest absolute Gasteiger partial charge is 0.0703 e. The van der Waals surface area contributed by atoms with Gasteiger partial charge in [0.1, 0.15) is 0 Å². The Morgan fingerprint density at radius 3 is 1.46 bits per heavy atom. The number of allylic oxidation sites excluding steroid dienone is 2. The van der Waals surface area contributed by atoms with Crippen molar-refractivity contribution in [3.8, 4) is 0 Å². The van der Waals surface area contributed by atoms with Gasteiger partial charge in [0, 0.05) is 24.1 Å². The van der Waals surface area contributed by atoms with Crippen LogP contribution >= 0.6 is 63.0 Å². The maximum absolute atomic E-state index is 3.53. The fourth-order valence-electron chi connectivity index (χ4n) is 2.74. The van der Waals surface area contributed by atoms with Crippen LogP contribution in [-0.2, 0) is 0 Å². The van der Waals surface area contributed by atoms with Gasteiger partial charge in [0.15, 0.2) is 0 Å². The van der Waals surface area contributed by atoms with Gasteiger partial charge in [-0.25, -0.2) is 0 Å². The van der Waals surface area contributed by atoms with Crippen molar-refractivity contribution in [3.63, 3.8) is 0 Å². The van der Waals surface area contributed by atoms with E-state index in [-0.39, 0.29) is 0 Å². The Hall–Kier alpha value is -0.460. The average molecular weight is 478 g/mol. The van der Waals surface area contributed by atoms with Gasteiger partial charge < -0.3 is 0 Å². The number of halogens is 1. The lowest BCUT2D eigenvalue weighted by atomic mass is 10.1. The molecule has 2 aliphatic rings. The topological polar surface area (TPSA) is 0 Å². The minimum Gasteiger partial charge on any atom is -0.0845 e. The maximum atomic E-state index is 3.53. The van der Waals surface area contributed by atoms with Gasteiger partial charge in [-0.3, -0.25) is 0 Å². The lowest BCUT2D eigenvalue weighted by molar-refractivity contribution is 1.46. The van der Waals surface area contributed by atoms with Crippen LogP contribution in [0.3, 0.4) is 0 Å². The maximum Gasteiger partial charge on any atom is 0.0703 e. The third kappa shape index (κ3) is 3.88. The Kier molecular flexibility index (Phi) is 5.72. The first-order chi connectivity index (χ1) is 12.5. The highest BCUT2D eigenvalue weighted by Crippen LogP contribution is 2.63. The number of hydrogen-bond acceptors (Lipinski definition) is 4. The zero-order valence-electron chi connectivity index (χ0n) is 14.6. The molecular formula is C21H17BrS4. The highest BCUT2D eigenvalue weighted by molar-refractivity contribution is 9.10. The van der Waals surface area contributed by atoms with E-state index in [2.05, 4.69) is 85.2 Å². The molecule has 2 aliphatic heterocycles. The molecule has 0 spiro atoms. The molecule has 0 aromatic heterocycles. The fraction of sp³-hybridized carbons (Fsp3) is 0.143. The first-order valence-corrected chi connectivity index (χ1v) is 12.3. The van der Waals surface area contributed by atoms with Crippen LogP contribution in [0.25, 0.3) is 9.81 Å². The van der Waals surface area contributed by atoms with Crippen LogP contribution in [0.1, 0.15) is 30.5 Å². The van der Waals surface area contributed by atoms with E-state index in [9.17, 15) is 0 Å². The van der Waals surface area contributed by atoms with Crippen molar-refractivity contribution < 1.29 is 0 Å². The normalized spacial score (nSPS) is 20.5. The van der Waals surface area contributed by atoms with Crippen molar-refractivity contribution in [2.24, 2.45) is 0 Å². The summed E-state index contributed by atoms with van der Waals surface area (Å²) in [5.74, 6) is 0. The van der Waals surface area contributed by atoms with Crippen molar-refractivity contribution in [1.82, 2.24) is 0 Å². The summed E-state index contributed by atoms with van der Waals surface area (Å²) >= 11 is 11.2. The molecule has 2 heterocycles. The zero-order valence-corrected chi connectivity index (χ0v) is 19.5. The van der Waals surface area contributed by atoms with Crippen LogP contribution in [0, 0.1) is 6.92 Å². The lowest BCUT2D eigenvalue weighted by Gasteiger charge is -2.05. The van der Waals surface area contributed by atoms with Gasteiger partial charge in [-0.2, -0.15) is 0 Å². The standard InChI is InChI=1S/C21H17BrS4/c1-12-4-6-15(7-5-12)18-13(2)23-20(25-18)21-24-14(3)19(26-21)16-8-10-17(22)11-9-16/h4-11H,1-3H3/b21-20+. The quantitative estimate of drug-likeness (QED) is 0.423. The van der Waals surface area contributed by atoms with E-state index in [1.54, 1.807) is 0 Å². The zero-order chi connectivity index (χ0) is 18.3. The molecule has 0 atom stereocenters. The Labute approximate surface area is 180 Å². The highest BCUT2D eigenvalue weighted by Gasteiger charge is 2.28. The summed E-state index contributed by atoms with van der Waals surface area (Å²) in [7, 11) is 0. The molecule has 2 aromatic rings. The molecule has 0 amide bonds. The van der Waals surface area contributed by atoms with Crippen LogP contribution in [0.2, 0.25) is 0 Å². The van der Waals surface area contributed by atoms with Crippen LogP contribution in [0.4, 0.5) is 0 Å². The highest BCUT2D eigenvalue weighted by atomic mass is 79.9. The van der Waals surface area contributed by atoms with Gasteiger partial charge in [-0.1, -0.05) is 105 Å². The van der Waals surface area contributed by atoms with E-state index < -0.39 is 0 Å². The molecular weight excluding hydrogens is 460 g/mol. The average Bonchev–Trinajstić information content (AvgIpc) is 3.20. The van der Waals surface area contributed by atoms with Gasteiger partial charge >= 0.3 is 0 Å². The predicted molar refractivity (Wildman–Crippen MR) is 128 cm³/mol. The van der Waals surface area contributed by atoms with Crippen LogP contribution in [0.15, 0.2) is 71.3 Å². The minimum absolute atomic E-state index is 1.12. The molecule has 5 heteroatoms. The Bertz CT molecular complexity index is 871. The van der Waals surface area contributed by atoms with Crippen LogP contribution in [0.5, 0.6) is 0 Å². The van der Waals surface area contributed by atoms with Crippen molar-refractivity contribution in [2.45, 2.75) is 20.8 Å². The number of hydrogen-bond donors (Lipinski definition) is 0. The molecule has 0 saturated heterocycles. The lowest BCUT2D eigenvalue weighted by Crippen LogP contribution is -1.79. The van der Waals surface area contributed by atoms with Crippen LogP contribution in [-0.4, -0.2) is 0 Å². The van der Waals surface area contributed by atoms with Crippen LogP contribution < -0.4 is 0 Å². The minimum atomic E-state index is 1.12. The molecule has 0 unspecified atom stereocenters. The number of rotatable bonds is 2. The summed E-state index contributed by atoms with van der Waals surface area (Å²) in [4.78, 5) is 5.57. The van der Waals surface area contributed by atoms with Gasteiger partial charge in [0.05, 0.1) is 8.47 Å². The SMILES string of the molecule is CC1=C(c2ccc(C)cc2)S/C(=C2\SC(C)=C(c3ccc(Br)cc3)S2)S1. The molecule has 0 saturated carbocycles. The van der Waals surface area contributed by atoms with E-state index >= 15 is 0 Å². The number of benzene rings is 2. The molecule has 0 aliphatic carbocycles. The second-order valence-electron chi connectivity index (χ2n) is 6.13. The van der Waals surface area contributed by atoms with E-state index in [4.69, 9.17) is 0 Å². The predicted octanol–water partition coefficient (Wildman–Crippen LogP) is 8.92. The summed E-state index contributed by atoms with van der Waals surface area (Å²) in [6, 6.07) is 17.5. The molecule has 0 N–H and O–H groups in total. The second-order valence-corrected chi connectivity index (χ2v) is 12.0. The van der Waals surface area contributed by atoms with Crippen molar-refractivity contribution in [3.05, 3.63) is 88.0 Å². The third-order valence-electron chi connectivity index (χ3n) is 4.11. The first-order valence-electron chi connectivity index (χ1n) is 8.21. The molecule has 0 radical (unpaired) electrons. The molecule has 4 rings (SSSR count). The van der Waals surface area contributed by atoms with Gasteiger partial charge in [0.2, 0.25) is 0 Å². The fourth-order valence-corrected chi connectivity index (χ4v) is 8.56. The molecule has 2 aromatic carbocycles.